The van der Waals surface area contributed by atoms with Crippen molar-refractivity contribution in [3.8, 4) is 0 Å². The molecule has 0 saturated carbocycles. The Morgan fingerprint density at radius 2 is 1.61 bits per heavy atom. The van der Waals surface area contributed by atoms with Crippen LogP contribution < -0.4 is 5.32 Å². The van der Waals surface area contributed by atoms with Gasteiger partial charge in [0, 0.05) is 37.9 Å². The van der Waals surface area contributed by atoms with Crippen molar-refractivity contribution in [3.05, 3.63) is 94.8 Å². The maximum Gasteiger partial charge on any atom is 0.253 e. The molecule has 1 atom stereocenters. The van der Waals surface area contributed by atoms with Crippen molar-refractivity contribution in [2.75, 3.05) is 13.6 Å². The van der Waals surface area contributed by atoms with E-state index in [1.54, 1.807) is 11.9 Å². The second-order valence-corrected chi connectivity index (χ2v) is 7.98. The minimum atomic E-state index is -0.141. The number of amides is 2. The maximum atomic E-state index is 12.8. The van der Waals surface area contributed by atoms with E-state index in [0.717, 1.165) is 17.0 Å². The predicted octanol–water partition coefficient (Wildman–Crippen LogP) is 4.49. The van der Waals surface area contributed by atoms with Gasteiger partial charge in [0.05, 0.1) is 11.6 Å². The van der Waals surface area contributed by atoms with Crippen LogP contribution in [-0.4, -0.2) is 34.9 Å². The lowest BCUT2D eigenvalue weighted by atomic mass is 10.1. The highest BCUT2D eigenvalue weighted by Crippen LogP contribution is 2.25. The van der Waals surface area contributed by atoms with Crippen LogP contribution in [0, 0.1) is 13.8 Å². The number of aromatic nitrogens is 1. The molecule has 5 heteroatoms. The van der Waals surface area contributed by atoms with Gasteiger partial charge in [-0.25, -0.2) is 0 Å². The van der Waals surface area contributed by atoms with Gasteiger partial charge in [-0.1, -0.05) is 60.7 Å². The van der Waals surface area contributed by atoms with Gasteiger partial charge in [0.15, 0.2) is 0 Å². The van der Waals surface area contributed by atoms with Gasteiger partial charge in [-0.2, -0.15) is 0 Å². The first-order chi connectivity index (χ1) is 14.9. The molecule has 1 unspecified atom stereocenters. The van der Waals surface area contributed by atoms with E-state index in [9.17, 15) is 9.59 Å². The Hall–Kier alpha value is -3.34. The molecule has 2 aromatic carbocycles. The molecule has 162 valence electrons. The van der Waals surface area contributed by atoms with Crippen molar-refractivity contribution in [2.24, 2.45) is 0 Å². The van der Waals surface area contributed by atoms with E-state index >= 15 is 0 Å². The zero-order valence-corrected chi connectivity index (χ0v) is 18.8. The molecule has 31 heavy (non-hydrogen) atoms. The van der Waals surface area contributed by atoms with Crippen LogP contribution in [0.1, 0.15) is 52.3 Å². The third-order valence-corrected chi connectivity index (χ3v) is 5.71. The molecule has 3 aromatic rings. The standard InChI is InChI=1S/C26H31N3O2/c1-19-17-24(21(3)29(19)20(2)23-13-9-6-10-14-23)26(31)27-16-15-25(30)28(4)18-22-11-7-5-8-12-22/h5-14,17,20H,15-16,18H2,1-4H3,(H,27,31). The molecule has 0 saturated heterocycles. The minimum Gasteiger partial charge on any atom is -0.351 e. The number of carbonyl (C=O) groups is 2. The van der Waals surface area contributed by atoms with Crippen molar-refractivity contribution >= 4 is 11.8 Å². The van der Waals surface area contributed by atoms with Gasteiger partial charge < -0.3 is 14.8 Å². The van der Waals surface area contributed by atoms with Crippen LogP contribution in [0.4, 0.5) is 0 Å². The second-order valence-electron chi connectivity index (χ2n) is 7.98. The predicted molar refractivity (Wildman–Crippen MR) is 124 cm³/mol. The maximum absolute atomic E-state index is 12.8. The van der Waals surface area contributed by atoms with Gasteiger partial charge in [-0.3, -0.25) is 9.59 Å². The second kappa shape index (κ2) is 10.1. The Balaban J connectivity index is 1.58. The lowest BCUT2D eigenvalue weighted by Gasteiger charge is -2.19. The van der Waals surface area contributed by atoms with Crippen LogP contribution in [0.15, 0.2) is 66.7 Å². The van der Waals surface area contributed by atoms with Crippen molar-refractivity contribution in [1.29, 1.82) is 0 Å². The summed E-state index contributed by atoms with van der Waals surface area (Å²) in [6, 6.07) is 22.2. The summed E-state index contributed by atoms with van der Waals surface area (Å²) >= 11 is 0. The van der Waals surface area contributed by atoms with E-state index in [2.05, 4.69) is 28.9 Å². The largest absolute Gasteiger partial charge is 0.351 e. The lowest BCUT2D eigenvalue weighted by Crippen LogP contribution is -2.32. The lowest BCUT2D eigenvalue weighted by molar-refractivity contribution is -0.130. The van der Waals surface area contributed by atoms with E-state index in [4.69, 9.17) is 0 Å². The Kier molecular flexibility index (Phi) is 7.29. The zero-order valence-electron chi connectivity index (χ0n) is 18.8. The van der Waals surface area contributed by atoms with Crippen molar-refractivity contribution < 1.29 is 9.59 Å². The van der Waals surface area contributed by atoms with E-state index in [1.165, 1.54) is 5.56 Å². The highest BCUT2D eigenvalue weighted by molar-refractivity contribution is 5.96. The Morgan fingerprint density at radius 3 is 2.26 bits per heavy atom. The number of carbonyl (C=O) groups excluding carboxylic acids is 2. The fourth-order valence-corrected chi connectivity index (χ4v) is 4.00. The van der Waals surface area contributed by atoms with Gasteiger partial charge in [0.2, 0.25) is 5.91 Å². The van der Waals surface area contributed by atoms with Gasteiger partial charge in [-0.15, -0.1) is 0 Å². The number of aryl methyl sites for hydroxylation is 1. The topological polar surface area (TPSA) is 54.3 Å². The Labute approximate surface area is 184 Å². The molecule has 0 fully saturated rings. The van der Waals surface area contributed by atoms with Crippen molar-refractivity contribution in [3.63, 3.8) is 0 Å². The smallest absolute Gasteiger partial charge is 0.253 e. The molecular formula is C26H31N3O2. The Morgan fingerprint density at radius 1 is 1.00 bits per heavy atom. The van der Waals surface area contributed by atoms with Gasteiger partial charge in [0.1, 0.15) is 0 Å². The first-order valence-corrected chi connectivity index (χ1v) is 10.7. The van der Waals surface area contributed by atoms with Crippen LogP contribution in [0.25, 0.3) is 0 Å². The normalized spacial score (nSPS) is 11.7. The number of benzene rings is 2. The summed E-state index contributed by atoms with van der Waals surface area (Å²) in [6.07, 6.45) is 0.272. The molecule has 0 radical (unpaired) electrons. The number of nitrogens with one attached hydrogen (secondary N) is 1. The van der Waals surface area contributed by atoms with E-state index in [-0.39, 0.29) is 24.3 Å². The molecule has 1 heterocycles. The molecule has 2 amide bonds. The molecular weight excluding hydrogens is 386 g/mol. The average molecular weight is 418 g/mol. The van der Waals surface area contributed by atoms with Crippen molar-refractivity contribution in [1.82, 2.24) is 14.8 Å². The zero-order chi connectivity index (χ0) is 22.4. The molecule has 5 nitrogen and oxygen atoms in total. The number of rotatable bonds is 8. The highest BCUT2D eigenvalue weighted by atomic mass is 16.2. The quantitative estimate of drug-likeness (QED) is 0.587. The molecule has 1 aromatic heterocycles. The highest BCUT2D eigenvalue weighted by Gasteiger charge is 2.20. The summed E-state index contributed by atoms with van der Waals surface area (Å²) in [4.78, 5) is 26.9. The van der Waals surface area contributed by atoms with Crippen LogP contribution in [0.5, 0.6) is 0 Å². The minimum absolute atomic E-state index is 0.00678. The van der Waals surface area contributed by atoms with E-state index in [0.29, 0.717) is 18.7 Å². The number of nitrogens with zero attached hydrogens (tertiary/aromatic N) is 2. The first kappa shape index (κ1) is 22.3. The third-order valence-electron chi connectivity index (χ3n) is 5.71. The van der Waals surface area contributed by atoms with E-state index < -0.39 is 0 Å². The molecule has 0 bridgehead atoms. The summed E-state index contributed by atoms with van der Waals surface area (Å²) in [5.74, 6) is -0.134. The van der Waals surface area contributed by atoms with Crippen LogP contribution in [0.3, 0.4) is 0 Å². The van der Waals surface area contributed by atoms with Gasteiger partial charge >= 0.3 is 0 Å². The van der Waals surface area contributed by atoms with E-state index in [1.807, 2.05) is 68.4 Å². The molecule has 0 aliphatic carbocycles. The number of hydrogen-bond acceptors (Lipinski definition) is 2. The van der Waals surface area contributed by atoms with Crippen LogP contribution in [-0.2, 0) is 11.3 Å². The summed E-state index contributed by atoms with van der Waals surface area (Å²) in [6.45, 7) is 7.00. The van der Waals surface area contributed by atoms with Crippen LogP contribution >= 0.6 is 0 Å². The fourth-order valence-electron chi connectivity index (χ4n) is 4.00. The number of hydrogen-bond donors (Lipinski definition) is 1. The van der Waals surface area contributed by atoms with Crippen molar-refractivity contribution in [2.45, 2.75) is 39.8 Å². The average Bonchev–Trinajstić information content (AvgIpc) is 3.08. The summed E-state index contributed by atoms with van der Waals surface area (Å²) < 4.78 is 2.18. The SMILES string of the molecule is Cc1cc(C(=O)NCCC(=O)N(C)Cc2ccccc2)c(C)n1C(C)c1ccccc1. The molecule has 0 aliphatic rings. The Bertz CT molecular complexity index is 1030. The van der Waals surface area contributed by atoms with Gasteiger partial charge in [0.25, 0.3) is 5.91 Å². The fraction of sp³-hybridized carbons (Fsp3) is 0.308. The summed E-state index contributed by atoms with van der Waals surface area (Å²) in [5.41, 5.74) is 4.91. The van der Waals surface area contributed by atoms with Gasteiger partial charge in [-0.05, 0) is 38.0 Å². The third kappa shape index (κ3) is 5.43. The molecule has 3 rings (SSSR count). The van der Waals surface area contributed by atoms with Crippen LogP contribution in [0.2, 0.25) is 0 Å². The molecule has 0 spiro atoms. The molecule has 1 N–H and O–H groups in total. The molecule has 0 aliphatic heterocycles. The monoisotopic (exact) mass is 417 g/mol. The summed E-state index contributed by atoms with van der Waals surface area (Å²) in [7, 11) is 1.79. The first-order valence-electron chi connectivity index (χ1n) is 10.7. The summed E-state index contributed by atoms with van der Waals surface area (Å²) in [5, 5.41) is 2.91.